The second-order valence-electron chi connectivity index (χ2n) is 5.10. The van der Waals surface area contributed by atoms with E-state index >= 15 is 0 Å². The van der Waals surface area contributed by atoms with Crippen LogP contribution >= 0.6 is 0 Å². The highest BCUT2D eigenvalue weighted by Gasteiger charge is 2.33. The highest BCUT2D eigenvalue weighted by atomic mass is 32.2. The van der Waals surface area contributed by atoms with E-state index < -0.39 is 10.0 Å². The molecule has 0 aliphatic carbocycles. The van der Waals surface area contributed by atoms with Gasteiger partial charge in [-0.2, -0.15) is 0 Å². The lowest BCUT2D eigenvalue weighted by molar-refractivity contribution is 0.0739. The molecule has 0 bridgehead atoms. The van der Waals surface area contributed by atoms with Gasteiger partial charge in [-0.15, -0.1) is 0 Å². The van der Waals surface area contributed by atoms with Gasteiger partial charge in [-0.25, -0.2) is 13.6 Å². The van der Waals surface area contributed by atoms with Crippen molar-refractivity contribution in [2.24, 2.45) is 10.9 Å². The third kappa shape index (κ3) is 3.02. The number of carbonyl (C=O) groups is 1. The minimum absolute atomic E-state index is 0.0821. The van der Waals surface area contributed by atoms with Crippen LogP contribution in [0.4, 0.5) is 0 Å². The number of amides is 1. The van der Waals surface area contributed by atoms with Crippen molar-refractivity contribution in [3.63, 3.8) is 0 Å². The SMILES string of the molecule is COc1ccc(S(N)(=O)=O)cc1C(=O)N1CC[C@H](N)[C@@H]1C. The number of ether oxygens (including phenoxy) is 1. The summed E-state index contributed by atoms with van der Waals surface area (Å²) in [6.45, 7) is 2.40. The second kappa shape index (κ2) is 5.63. The highest BCUT2D eigenvalue weighted by Crippen LogP contribution is 2.26. The van der Waals surface area contributed by atoms with Crippen molar-refractivity contribution in [2.45, 2.75) is 30.3 Å². The van der Waals surface area contributed by atoms with Gasteiger partial charge in [0.2, 0.25) is 10.0 Å². The minimum Gasteiger partial charge on any atom is -0.496 e. The fraction of sp³-hybridized carbons (Fsp3) is 0.462. The maximum Gasteiger partial charge on any atom is 0.257 e. The van der Waals surface area contributed by atoms with Crippen molar-refractivity contribution in [3.8, 4) is 5.75 Å². The molecule has 0 saturated carbocycles. The number of primary sulfonamides is 1. The summed E-state index contributed by atoms with van der Waals surface area (Å²) in [5.74, 6) is -0.00197. The van der Waals surface area contributed by atoms with Crippen molar-refractivity contribution >= 4 is 15.9 Å². The Morgan fingerprint density at radius 1 is 1.43 bits per heavy atom. The Kier molecular flexibility index (Phi) is 4.22. The van der Waals surface area contributed by atoms with E-state index in [1.807, 2.05) is 6.92 Å². The number of methoxy groups -OCH3 is 1. The van der Waals surface area contributed by atoms with Crippen LogP contribution in [0.2, 0.25) is 0 Å². The van der Waals surface area contributed by atoms with Crippen molar-refractivity contribution in [2.75, 3.05) is 13.7 Å². The Bertz CT molecular complexity index is 659. The van der Waals surface area contributed by atoms with E-state index in [4.69, 9.17) is 15.6 Å². The molecule has 0 unspecified atom stereocenters. The molecule has 1 aliphatic heterocycles. The van der Waals surface area contributed by atoms with Crippen molar-refractivity contribution < 1.29 is 17.9 Å². The Morgan fingerprint density at radius 2 is 2.10 bits per heavy atom. The average Bonchev–Trinajstić information content (AvgIpc) is 2.76. The van der Waals surface area contributed by atoms with Gasteiger partial charge in [-0.1, -0.05) is 0 Å². The van der Waals surface area contributed by atoms with Crippen LogP contribution in [0.15, 0.2) is 23.1 Å². The largest absolute Gasteiger partial charge is 0.496 e. The molecule has 1 fully saturated rings. The number of rotatable bonds is 3. The molecule has 1 aromatic carbocycles. The van der Waals surface area contributed by atoms with E-state index in [0.29, 0.717) is 18.7 Å². The molecule has 1 aromatic rings. The molecular weight excluding hydrogens is 294 g/mol. The van der Waals surface area contributed by atoms with Gasteiger partial charge in [-0.05, 0) is 31.5 Å². The molecule has 4 N–H and O–H groups in total. The van der Waals surface area contributed by atoms with Gasteiger partial charge in [0.15, 0.2) is 0 Å². The van der Waals surface area contributed by atoms with Crippen LogP contribution in [0.1, 0.15) is 23.7 Å². The Hall–Kier alpha value is -1.64. The first kappa shape index (κ1) is 15.7. The van der Waals surface area contributed by atoms with Crippen molar-refractivity contribution in [1.29, 1.82) is 0 Å². The summed E-state index contributed by atoms with van der Waals surface area (Å²) in [4.78, 5) is 14.1. The molecule has 0 radical (unpaired) electrons. The van der Waals surface area contributed by atoms with Crippen LogP contribution in [0.25, 0.3) is 0 Å². The van der Waals surface area contributed by atoms with Gasteiger partial charge < -0.3 is 15.4 Å². The third-order valence-corrected chi connectivity index (χ3v) is 4.72. The maximum absolute atomic E-state index is 12.6. The number of likely N-dealkylation sites (tertiary alicyclic amines) is 1. The molecule has 1 amide bonds. The van der Waals surface area contributed by atoms with E-state index in [1.165, 1.54) is 25.3 Å². The number of hydrogen-bond acceptors (Lipinski definition) is 5. The molecule has 7 nitrogen and oxygen atoms in total. The number of hydrogen-bond donors (Lipinski definition) is 2. The van der Waals surface area contributed by atoms with Crippen LogP contribution in [0, 0.1) is 0 Å². The average molecular weight is 313 g/mol. The molecule has 21 heavy (non-hydrogen) atoms. The zero-order valence-electron chi connectivity index (χ0n) is 11.9. The lowest BCUT2D eigenvalue weighted by atomic mass is 10.1. The maximum atomic E-state index is 12.6. The first-order chi connectivity index (χ1) is 9.75. The molecule has 1 aliphatic rings. The van der Waals surface area contributed by atoms with Gasteiger partial charge >= 0.3 is 0 Å². The first-order valence-corrected chi connectivity index (χ1v) is 8.07. The number of nitrogens with two attached hydrogens (primary N) is 2. The van der Waals surface area contributed by atoms with Crippen LogP contribution in [0.5, 0.6) is 5.75 Å². The Labute approximate surface area is 123 Å². The fourth-order valence-corrected chi connectivity index (χ4v) is 2.98. The minimum atomic E-state index is -3.88. The fourth-order valence-electron chi connectivity index (χ4n) is 2.44. The van der Waals surface area contributed by atoms with Crippen LogP contribution in [-0.2, 0) is 10.0 Å². The first-order valence-electron chi connectivity index (χ1n) is 6.53. The van der Waals surface area contributed by atoms with E-state index in [0.717, 1.165) is 0 Å². The molecule has 2 rings (SSSR count). The van der Waals surface area contributed by atoms with E-state index in [2.05, 4.69) is 0 Å². The zero-order valence-corrected chi connectivity index (χ0v) is 12.8. The van der Waals surface area contributed by atoms with Crippen LogP contribution in [0.3, 0.4) is 0 Å². The molecule has 8 heteroatoms. The monoisotopic (exact) mass is 313 g/mol. The summed E-state index contributed by atoms with van der Waals surface area (Å²) >= 11 is 0. The number of benzene rings is 1. The van der Waals surface area contributed by atoms with Crippen LogP contribution < -0.4 is 15.6 Å². The zero-order chi connectivity index (χ0) is 15.8. The third-order valence-electron chi connectivity index (χ3n) is 3.81. The molecule has 1 saturated heterocycles. The predicted molar refractivity (Wildman–Crippen MR) is 77.5 cm³/mol. The summed E-state index contributed by atoms with van der Waals surface area (Å²) in [6, 6.07) is 3.78. The molecule has 2 atom stereocenters. The van der Waals surface area contributed by atoms with E-state index in [-0.39, 0.29) is 28.4 Å². The summed E-state index contributed by atoms with van der Waals surface area (Å²) in [7, 11) is -2.46. The van der Waals surface area contributed by atoms with Gasteiger partial charge in [0.25, 0.3) is 5.91 Å². The van der Waals surface area contributed by atoms with E-state index in [1.54, 1.807) is 4.90 Å². The van der Waals surface area contributed by atoms with Gasteiger partial charge in [0.1, 0.15) is 5.75 Å². The van der Waals surface area contributed by atoms with Crippen molar-refractivity contribution in [3.05, 3.63) is 23.8 Å². The van der Waals surface area contributed by atoms with Gasteiger partial charge in [-0.3, -0.25) is 4.79 Å². The number of nitrogens with zero attached hydrogens (tertiary/aromatic N) is 1. The summed E-state index contributed by atoms with van der Waals surface area (Å²) in [5, 5.41) is 5.11. The van der Waals surface area contributed by atoms with Gasteiger partial charge in [0.05, 0.1) is 17.6 Å². The Morgan fingerprint density at radius 3 is 2.57 bits per heavy atom. The van der Waals surface area contributed by atoms with Crippen molar-refractivity contribution in [1.82, 2.24) is 4.90 Å². The number of carbonyl (C=O) groups excluding carboxylic acids is 1. The standard InChI is InChI=1S/C13H19N3O4S/c1-8-11(14)5-6-16(8)13(17)10-7-9(21(15,18)19)3-4-12(10)20-2/h3-4,7-8,11H,5-6,14H2,1-2H3,(H2,15,18,19)/t8-,11-/m0/s1. The van der Waals surface area contributed by atoms with Gasteiger partial charge in [0, 0.05) is 18.6 Å². The number of sulfonamides is 1. The van der Waals surface area contributed by atoms with Crippen LogP contribution in [-0.4, -0.2) is 45.0 Å². The molecule has 116 valence electrons. The smallest absolute Gasteiger partial charge is 0.257 e. The topological polar surface area (TPSA) is 116 Å². The summed E-state index contributed by atoms with van der Waals surface area (Å²) < 4.78 is 28.0. The molecule has 0 aromatic heterocycles. The quantitative estimate of drug-likeness (QED) is 0.808. The lowest BCUT2D eigenvalue weighted by Crippen LogP contribution is -2.40. The lowest BCUT2D eigenvalue weighted by Gasteiger charge is -2.24. The predicted octanol–water partition coefficient (Wildman–Crippen LogP) is -0.0957. The summed E-state index contributed by atoms with van der Waals surface area (Å²) in [6.07, 6.45) is 0.712. The molecular formula is C13H19N3O4S. The second-order valence-corrected chi connectivity index (χ2v) is 6.66. The highest BCUT2D eigenvalue weighted by molar-refractivity contribution is 7.89. The molecule has 1 heterocycles. The van der Waals surface area contributed by atoms with E-state index in [9.17, 15) is 13.2 Å². The normalized spacial score (nSPS) is 22.4. The molecule has 0 spiro atoms. The Balaban J connectivity index is 2.44. The summed E-state index contributed by atoms with van der Waals surface area (Å²) in [5.41, 5.74) is 6.08.